The largest absolute Gasteiger partial charge is 0.327 e. The van der Waals surface area contributed by atoms with Gasteiger partial charge in [0.05, 0.1) is 0 Å². The van der Waals surface area contributed by atoms with E-state index in [-0.39, 0.29) is 0 Å². The molecule has 0 aliphatic heterocycles. The quantitative estimate of drug-likeness (QED) is 0.751. The monoisotopic (exact) mass is 177 g/mol. The molecule has 0 radical (unpaired) electrons. The fraction of sp³-hybridized carbons (Fsp3) is 0.500. The maximum atomic E-state index is 5.95. The van der Waals surface area contributed by atoms with Gasteiger partial charge in [0, 0.05) is 6.04 Å². The van der Waals surface area contributed by atoms with E-state index < -0.39 is 0 Å². The summed E-state index contributed by atoms with van der Waals surface area (Å²) in [5, 5.41) is 0. The lowest BCUT2D eigenvalue weighted by molar-refractivity contribution is 0.600. The van der Waals surface area contributed by atoms with Gasteiger partial charge in [-0.15, -0.1) is 0 Å². The van der Waals surface area contributed by atoms with Gasteiger partial charge in [0.15, 0.2) is 0 Å². The van der Waals surface area contributed by atoms with Crippen LogP contribution < -0.4 is 5.73 Å². The van der Waals surface area contributed by atoms with Gasteiger partial charge in [-0.05, 0) is 25.3 Å². The molecule has 1 aromatic rings. The molecule has 0 aromatic heterocycles. The average Bonchev–Trinajstić information content (AvgIpc) is 2.09. The fourth-order valence-corrected chi connectivity index (χ4v) is 1.50. The zero-order chi connectivity index (χ0) is 9.68. The average molecular weight is 177 g/mol. The molecule has 0 fully saturated rings. The van der Waals surface area contributed by atoms with Crippen molar-refractivity contribution < 1.29 is 0 Å². The van der Waals surface area contributed by atoms with Crippen LogP contribution in [0.25, 0.3) is 0 Å². The van der Waals surface area contributed by atoms with E-state index in [0.717, 1.165) is 12.8 Å². The molecule has 1 aromatic carbocycles. The van der Waals surface area contributed by atoms with Crippen LogP contribution in [0, 0.1) is 6.92 Å². The summed E-state index contributed by atoms with van der Waals surface area (Å²) in [5.74, 6) is 0. The normalized spacial score (nSPS) is 12.8. The Bertz CT molecular complexity index is 238. The molecular weight excluding hydrogens is 158 g/mol. The highest BCUT2D eigenvalue weighted by molar-refractivity contribution is 5.21. The summed E-state index contributed by atoms with van der Waals surface area (Å²) >= 11 is 0. The molecule has 1 heteroatoms. The first-order valence-corrected chi connectivity index (χ1v) is 5.03. The van der Waals surface area contributed by atoms with E-state index in [2.05, 4.69) is 38.1 Å². The molecule has 0 saturated carbocycles. The van der Waals surface area contributed by atoms with Gasteiger partial charge >= 0.3 is 0 Å². The van der Waals surface area contributed by atoms with Crippen LogP contribution in [-0.2, 0) is 6.42 Å². The third kappa shape index (κ3) is 3.60. The van der Waals surface area contributed by atoms with Crippen molar-refractivity contribution in [3.63, 3.8) is 0 Å². The Kier molecular flexibility index (Phi) is 3.97. The highest BCUT2D eigenvalue weighted by atomic mass is 14.6. The van der Waals surface area contributed by atoms with E-state index in [1.54, 1.807) is 0 Å². The molecule has 1 atom stereocenters. The summed E-state index contributed by atoms with van der Waals surface area (Å²) in [5.41, 5.74) is 8.62. The molecule has 0 aliphatic carbocycles. The van der Waals surface area contributed by atoms with Crippen molar-refractivity contribution in [2.45, 2.75) is 39.2 Å². The fourth-order valence-electron chi connectivity index (χ4n) is 1.50. The Hall–Kier alpha value is -0.820. The van der Waals surface area contributed by atoms with Gasteiger partial charge in [0.2, 0.25) is 0 Å². The molecule has 1 nitrogen and oxygen atoms in total. The van der Waals surface area contributed by atoms with Gasteiger partial charge in [-0.25, -0.2) is 0 Å². The van der Waals surface area contributed by atoms with Crippen LogP contribution in [-0.4, -0.2) is 6.04 Å². The van der Waals surface area contributed by atoms with E-state index in [4.69, 9.17) is 5.73 Å². The number of rotatable bonds is 4. The van der Waals surface area contributed by atoms with Crippen LogP contribution >= 0.6 is 0 Å². The topological polar surface area (TPSA) is 26.0 Å². The molecule has 72 valence electrons. The minimum atomic E-state index is 0.327. The van der Waals surface area contributed by atoms with Crippen LogP contribution in [0.5, 0.6) is 0 Å². The SMILES string of the molecule is CCC[C@H](N)Cc1ccc(C)cc1. The number of hydrogen-bond acceptors (Lipinski definition) is 1. The second-order valence-corrected chi connectivity index (χ2v) is 3.74. The zero-order valence-electron chi connectivity index (χ0n) is 8.59. The Morgan fingerprint density at radius 3 is 2.38 bits per heavy atom. The van der Waals surface area contributed by atoms with Gasteiger partial charge in [-0.1, -0.05) is 43.2 Å². The molecule has 0 saturated heterocycles. The Labute approximate surface area is 81.0 Å². The van der Waals surface area contributed by atoms with Gasteiger partial charge in [0.1, 0.15) is 0 Å². The van der Waals surface area contributed by atoms with Crippen molar-refractivity contribution in [1.29, 1.82) is 0 Å². The Morgan fingerprint density at radius 1 is 1.23 bits per heavy atom. The maximum absolute atomic E-state index is 5.95. The lowest BCUT2D eigenvalue weighted by atomic mass is 10.0. The molecule has 0 aliphatic rings. The van der Waals surface area contributed by atoms with E-state index in [9.17, 15) is 0 Å². The third-order valence-electron chi connectivity index (χ3n) is 2.28. The van der Waals surface area contributed by atoms with Crippen molar-refractivity contribution in [1.82, 2.24) is 0 Å². The summed E-state index contributed by atoms with van der Waals surface area (Å²) in [6, 6.07) is 8.96. The Balaban J connectivity index is 2.49. The van der Waals surface area contributed by atoms with Gasteiger partial charge in [0.25, 0.3) is 0 Å². The van der Waals surface area contributed by atoms with Crippen molar-refractivity contribution in [2.24, 2.45) is 5.73 Å². The number of nitrogens with two attached hydrogens (primary N) is 1. The van der Waals surface area contributed by atoms with Crippen molar-refractivity contribution in [3.8, 4) is 0 Å². The standard InChI is InChI=1S/C12H19N/c1-3-4-12(13)9-11-7-5-10(2)6-8-11/h5-8,12H,3-4,9,13H2,1-2H3/t12-/m0/s1. The highest BCUT2D eigenvalue weighted by Gasteiger charge is 2.01. The van der Waals surface area contributed by atoms with Gasteiger partial charge in [-0.2, -0.15) is 0 Å². The summed E-state index contributed by atoms with van der Waals surface area (Å²) in [6.45, 7) is 4.28. The summed E-state index contributed by atoms with van der Waals surface area (Å²) in [4.78, 5) is 0. The van der Waals surface area contributed by atoms with Crippen molar-refractivity contribution in [3.05, 3.63) is 35.4 Å². The van der Waals surface area contributed by atoms with Crippen LogP contribution in [0.4, 0.5) is 0 Å². The smallest absolute Gasteiger partial charge is 0.00792 e. The van der Waals surface area contributed by atoms with Crippen molar-refractivity contribution >= 4 is 0 Å². The van der Waals surface area contributed by atoms with Crippen LogP contribution in [0.15, 0.2) is 24.3 Å². The van der Waals surface area contributed by atoms with Crippen LogP contribution in [0.3, 0.4) is 0 Å². The van der Waals surface area contributed by atoms with Gasteiger partial charge < -0.3 is 5.73 Å². The predicted molar refractivity (Wildman–Crippen MR) is 57.8 cm³/mol. The van der Waals surface area contributed by atoms with E-state index in [1.165, 1.54) is 17.5 Å². The molecule has 0 heterocycles. The van der Waals surface area contributed by atoms with E-state index in [1.807, 2.05) is 0 Å². The lowest BCUT2D eigenvalue weighted by Gasteiger charge is -2.09. The highest BCUT2D eigenvalue weighted by Crippen LogP contribution is 2.07. The van der Waals surface area contributed by atoms with Crippen molar-refractivity contribution in [2.75, 3.05) is 0 Å². The second kappa shape index (κ2) is 5.03. The van der Waals surface area contributed by atoms with Gasteiger partial charge in [-0.3, -0.25) is 0 Å². The third-order valence-corrected chi connectivity index (χ3v) is 2.28. The summed E-state index contributed by atoms with van der Waals surface area (Å²) in [6.07, 6.45) is 3.30. The Morgan fingerprint density at radius 2 is 1.85 bits per heavy atom. The minimum absolute atomic E-state index is 0.327. The summed E-state index contributed by atoms with van der Waals surface area (Å²) < 4.78 is 0. The van der Waals surface area contributed by atoms with E-state index in [0.29, 0.717) is 6.04 Å². The first kappa shape index (κ1) is 10.3. The molecule has 2 N–H and O–H groups in total. The predicted octanol–water partition coefficient (Wildman–Crippen LogP) is 2.66. The van der Waals surface area contributed by atoms with E-state index >= 15 is 0 Å². The molecule has 13 heavy (non-hydrogen) atoms. The lowest BCUT2D eigenvalue weighted by Crippen LogP contribution is -2.22. The van der Waals surface area contributed by atoms with Crippen LogP contribution in [0.1, 0.15) is 30.9 Å². The zero-order valence-corrected chi connectivity index (χ0v) is 8.59. The molecule has 0 unspecified atom stereocenters. The number of hydrogen-bond donors (Lipinski definition) is 1. The molecule has 0 bridgehead atoms. The molecule has 1 rings (SSSR count). The number of benzene rings is 1. The number of aryl methyl sites for hydroxylation is 1. The molecular formula is C12H19N. The van der Waals surface area contributed by atoms with Crippen LogP contribution in [0.2, 0.25) is 0 Å². The maximum Gasteiger partial charge on any atom is 0.00792 e. The minimum Gasteiger partial charge on any atom is -0.327 e. The second-order valence-electron chi connectivity index (χ2n) is 3.74. The summed E-state index contributed by atoms with van der Waals surface area (Å²) in [7, 11) is 0. The first-order chi connectivity index (χ1) is 6.22. The first-order valence-electron chi connectivity index (χ1n) is 5.03. The molecule has 0 spiro atoms. The molecule has 0 amide bonds.